The lowest BCUT2D eigenvalue weighted by atomic mass is 9.99. The highest BCUT2D eigenvalue weighted by molar-refractivity contribution is 7.99. The van der Waals surface area contributed by atoms with Crippen LogP contribution in [0.5, 0.6) is 0 Å². The number of methoxy groups -OCH3 is 1. The third-order valence-electron chi connectivity index (χ3n) is 5.39. The molecular formula is C25H23ClF3NO4S2. The van der Waals surface area contributed by atoms with Gasteiger partial charge in [-0.05, 0) is 78.8 Å². The average Bonchev–Trinajstić information content (AvgIpc) is 2.84. The maximum absolute atomic E-state index is 14.9. The molecule has 0 unspecified atom stereocenters. The summed E-state index contributed by atoms with van der Waals surface area (Å²) in [7, 11) is -3.14. The molecule has 0 radical (unpaired) electrons. The lowest BCUT2D eigenvalue weighted by Gasteiger charge is -2.32. The van der Waals surface area contributed by atoms with Crippen molar-refractivity contribution in [2.24, 2.45) is 0 Å². The van der Waals surface area contributed by atoms with E-state index in [1.807, 2.05) is 0 Å². The zero-order valence-corrected chi connectivity index (χ0v) is 21.8. The highest BCUT2D eigenvalue weighted by atomic mass is 35.5. The molecule has 0 aliphatic heterocycles. The third-order valence-corrected chi connectivity index (χ3v) is 8.47. The van der Waals surface area contributed by atoms with E-state index in [1.54, 1.807) is 0 Å². The lowest BCUT2D eigenvalue weighted by Crippen LogP contribution is -2.35. The van der Waals surface area contributed by atoms with E-state index in [2.05, 4.69) is 4.74 Å². The highest BCUT2D eigenvalue weighted by Gasteiger charge is 2.33. The first kappa shape index (κ1) is 27.9. The van der Waals surface area contributed by atoms with Gasteiger partial charge in [-0.25, -0.2) is 21.6 Å². The van der Waals surface area contributed by atoms with Crippen molar-refractivity contribution in [3.8, 4) is 0 Å². The van der Waals surface area contributed by atoms with Crippen LogP contribution in [0.4, 0.5) is 18.9 Å². The summed E-state index contributed by atoms with van der Waals surface area (Å²) in [5, 5.41) is 0.302. The first-order valence-corrected chi connectivity index (χ1v) is 13.7. The van der Waals surface area contributed by atoms with Crippen LogP contribution in [0.25, 0.3) is 0 Å². The number of ether oxygens (including phenoxy) is 1. The summed E-state index contributed by atoms with van der Waals surface area (Å²) in [4.78, 5) is 11.2. The Morgan fingerprint density at radius 3 is 2.33 bits per heavy atom. The van der Waals surface area contributed by atoms with E-state index in [9.17, 15) is 26.4 Å². The van der Waals surface area contributed by atoms with Gasteiger partial charge in [0.15, 0.2) is 0 Å². The summed E-state index contributed by atoms with van der Waals surface area (Å²) in [5.74, 6) is -2.21. The van der Waals surface area contributed by atoms with Gasteiger partial charge in [0.1, 0.15) is 17.5 Å². The zero-order valence-electron chi connectivity index (χ0n) is 19.4. The quantitative estimate of drug-likeness (QED) is 0.221. The van der Waals surface area contributed by atoms with Crippen LogP contribution in [0.3, 0.4) is 0 Å². The molecule has 0 aromatic heterocycles. The van der Waals surface area contributed by atoms with Crippen LogP contribution in [-0.2, 0) is 26.0 Å². The number of hydrogen-bond donors (Lipinski definition) is 0. The number of anilines is 1. The Balaban J connectivity index is 2.08. The topological polar surface area (TPSA) is 63.7 Å². The number of halogens is 4. The minimum absolute atomic E-state index is 0.0995. The number of sulfonamides is 1. The maximum atomic E-state index is 14.9. The van der Waals surface area contributed by atoms with Gasteiger partial charge < -0.3 is 4.74 Å². The highest BCUT2D eigenvalue weighted by Crippen LogP contribution is 2.37. The monoisotopic (exact) mass is 557 g/mol. The molecule has 0 saturated heterocycles. The fourth-order valence-electron chi connectivity index (χ4n) is 3.64. The molecule has 3 rings (SSSR count). The minimum Gasteiger partial charge on any atom is -0.468 e. The Kier molecular flexibility index (Phi) is 9.32. The number of esters is 1. The van der Waals surface area contributed by atoms with Crippen molar-refractivity contribution in [3.63, 3.8) is 0 Å². The fourth-order valence-corrected chi connectivity index (χ4v) is 6.20. The van der Waals surface area contributed by atoms with Crippen LogP contribution in [0.15, 0.2) is 65.6 Å². The van der Waals surface area contributed by atoms with Crippen molar-refractivity contribution in [3.05, 3.63) is 94.3 Å². The summed E-state index contributed by atoms with van der Waals surface area (Å²) < 4.78 is 76.1. The number of hydrogen-bond acceptors (Lipinski definition) is 5. The average molecular weight is 558 g/mol. The Morgan fingerprint density at radius 1 is 1.03 bits per heavy atom. The number of thioether (sulfide) groups is 1. The smallest absolute Gasteiger partial charge is 0.315 e. The molecule has 36 heavy (non-hydrogen) atoms. The Morgan fingerprint density at radius 2 is 1.67 bits per heavy atom. The van der Waals surface area contributed by atoms with Gasteiger partial charge in [-0.15, -0.1) is 11.8 Å². The van der Waals surface area contributed by atoms with Crippen molar-refractivity contribution < 1.29 is 31.1 Å². The Hall–Kier alpha value is -2.69. The molecule has 0 spiro atoms. The summed E-state index contributed by atoms with van der Waals surface area (Å²) in [6, 6.07) is 10.6. The SMILES string of the molecule is COC(=O)CSCCc1cc(F)ccc1[C@@H](C)N(c1cc(F)ccc1F)S(=O)(=O)c1ccc(Cl)cc1. The predicted molar refractivity (Wildman–Crippen MR) is 135 cm³/mol. The lowest BCUT2D eigenvalue weighted by molar-refractivity contribution is -0.137. The molecule has 5 nitrogen and oxygen atoms in total. The van der Waals surface area contributed by atoms with Gasteiger partial charge in [-0.1, -0.05) is 17.7 Å². The van der Waals surface area contributed by atoms with E-state index in [-0.39, 0.29) is 10.6 Å². The van der Waals surface area contributed by atoms with E-state index < -0.39 is 45.2 Å². The van der Waals surface area contributed by atoms with Gasteiger partial charge in [0.25, 0.3) is 10.0 Å². The minimum atomic E-state index is -4.42. The molecule has 3 aromatic carbocycles. The third kappa shape index (κ3) is 6.54. The molecule has 192 valence electrons. The fraction of sp³-hybridized carbons (Fsp3) is 0.240. The number of rotatable bonds is 10. The van der Waals surface area contributed by atoms with E-state index in [0.717, 1.165) is 22.5 Å². The van der Waals surface area contributed by atoms with Gasteiger partial charge in [0.05, 0.1) is 29.5 Å². The maximum Gasteiger partial charge on any atom is 0.315 e. The van der Waals surface area contributed by atoms with E-state index in [4.69, 9.17) is 11.6 Å². The molecule has 0 fully saturated rings. The number of aryl methyl sites for hydroxylation is 1. The predicted octanol–water partition coefficient (Wildman–Crippen LogP) is 6.16. The van der Waals surface area contributed by atoms with E-state index >= 15 is 0 Å². The second kappa shape index (κ2) is 12.0. The van der Waals surface area contributed by atoms with E-state index in [0.29, 0.717) is 28.3 Å². The zero-order chi connectivity index (χ0) is 26.5. The molecule has 11 heteroatoms. The van der Waals surface area contributed by atoms with Crippen LogP contribution in [0, 0.1) is 17.5 Å². The van der Waals surface area contributed by atoms with Gasteiger partial charge >= 0.3 is 5.97 Å². The molecule has 1 atom stereocenters. The number of nitrogens with zero attached hydrogens (tertiary/aromatic N) is 1. The Bertz CT molecular complexity index is 1340. The number of benzene rings is 3. The van der Waals surface area contributed by atoms with Crippen LogP contribution in [0.1, 0.15) is 24.1 Å². The van der Waals surface area contributed by atoms with Crippen molar-refractivity contribution in [1.82, 2.24) is 0 Å². The first-order valence-electron chi connectivity index (χ1n) is 10.7. The number of carbonyl (C=O) groups excluding carboxylic acids is 1. The van der Waals surface area contributed by atoms with Crippen LogP contribution in [-0.4, -0.2) is 33.0 Å². The second-order valence-corrected chi connectivity index (χ2v) is 11.1. The van der Waals surface area contributed by atoms with Crippen LogP contribution >= 0.6 is 23.4 Å². The molecule has 3 aromatic rings. The summed E-state index contributed by atoms with van der Waals surface area (Å²) in [5.41, 5.74) is 0.372. The van der Waals surface area contributed by atoms with Crippen LogP contribution in [0.2, 0.25) is 5.02 Å². The van der Waals surface area contributed by atoms with Gasteiger partial charge in [-0.3, -0.25) is 9.10 Å². The summed E-state index contributed by atoms with van der Waals surface area (Å²) >= 11 is 7.17. The van der Waals surface area contributed by atoms with E-state index in [1.165, 1.54) is 68.3 Å². The molecule has 0 aliphatic rings. The molecular weight excluding hydrogens is 535 g/mol. The molecule has 0 heterocycles. The standard InChI is InChI=1S/C25H23ClF3NO4S2/c1-16(22-9-5-19(27)13-17(22)11-12-35-15-25(31)34-2)30(24-14-20(28)6-10-23(24)29)36(32,33)21-7-3-18(26)4-8-21/h3-10,13-14,16H,11-12,15H2,1-2H3/t16-/m1/s1. The molecule has 0 aliphatic carbocycles. The second-order valence-electron chi connectivity index (χ2n) is 7.75. The van der Waals surface area contributed by atoms with Gasteiger partial charge in [0, 0.05) is 11.1 Å². The van der Waals surface area contributed by atoms with Crippen molar-refractivity contribution in [1.29, 1.82) is 0 Å². The molecule has 0 N–H and O–H groups in total. The van der Waals surface area contributed by atoms with Gasteiger partial charge in [0.2, 0.25) is 0 Å². The normalized spacial score (nSPS) is 12.3. The van der Waals surface area contributed by atoms with Crippen molar-refractivity contribution >= 4 is 45.0 Å². The molecule has 0 bridgehead atoms. The summed E-state index contributed by atoms with van der Waals surface area (Å²) in [6.45, 7) is 1.51. The van der Waals surface area contributed by atoms with Crippen molar-refractivity contribution in [2.45, 2.75) is 24.3 Å². The Labute approximate surface area is 217 Å². The largest absolute Gasteiger partial charge is 0.468 e. The summed E-state index contributed by atoms with van der Waals surface area (Å²) in [6.07, 6.45) is 0.291. The van der Waals surface area contributed by atoms with Gasteiger partial charge in [-0.2, -0.15) is 0 Å². The molecule has 0 saturated carbocycles. The first-order chi connectivity index (χ1) is 17.0. The number of carbonyl (C=O) groups is 1. The van der Waals surface area contributed by atoms with Crippen LogP contribution < -0.4 is 4.31 Å². The molecule has 0 amide bonds. The van der Waals surface area contributed by atoms with Crippen molar-refractivity contribution in [2.75, 3.05) is 22.9 Å².